The number of rotatable bonds is 7. The van der Waals surface area contributed by atoms with E-state index in [0.717, 1.165) is 6.54 Å². The van der Waals surface area contributed by atoms with Crippen molar-refractivity contribution in [1.82, 2.24) is 5.32 Å². The number of ether oxygens (including phenoxy) is 2. The average molecular weight is 279 g/mol. The fourth-order valence-corrected chi connectivity index (χ4v) is 2.23. The number of carboxylic acid groups (broad SMARTS) is 1. The van der Waals surface area contributed by atoms with E-state index in [1.807, 2.05) is 0 Å². The Kier molecular flexibility index (Phi) is 5.83. The molecule has 0 bridgehead atoms. The van der Waals surface area contributed by atoms with E-state index in [1.165, 1.54) is 25.3 Å². The van der Waals surface area contributed by atoms with E-state index in [9.17, 15) is 4.79 Å². The van der Waals surface area contributed by atoms with Gasteiger partial charge in [0, 0.05) is 6.04 Å². The highest BCUT2D eigenvalue weighted by Gasteiger charge is 2.11. The van der Waals surface area contributed by atoms with Crippen LogP contribution in [0.3, 0.4) is 0 Å². The molecule has 1 atom stereocenters. The van der Waals surface area contributed by atoms with Crippen LogP contribution in [-0.4, -0.2) is 43.5 Å². The van der Waals surface area contributed by atoms with Crippen LogP contribution >= 0.6 is 0 Å². The SMILES string of the molecule is O=C(O)c1cccc(OCCOCC2CCCCN2)c1. The minimum atomic E-state index is -0.949. The molecule has 5 nitrogen and oxygen atoms in total. The minimum absolute atomic E-state index is 0.231. The predicted octanol–water partition coefficient (Wildman–Crippen LogP) is 1.92. The molecule has 1 aliphatic heterocycles. The van der Waals surface area contributed by atoms with Gasteiger partial charge >= 0.3 is 5.97 Å². The van der Waals surface area contributed by atoms with E-state index in [4.69, 9.17) is 14.6 Å². The lowest BCUT2D eigenvalue weighted by Crippen LogP contribution is -2.37. The monoisotopic (exact) mass is 279 g/mol. The summed E-state index contributed by atoms with van der Waals surface area (Å²) in [6.07, 6.45) is 3.68. The smallest absolute Gasteiger partial charge is 0.335 e. The van der Waals surface area contributed by atoms with E-state index >= 15 is 0 Å². The molecule has 1 heterocycles. The molecule has 0 aromatic heterocycles. The van der Waals surface area contributed by atoms with Gasteiger partial charge in [0.2, 0.25) is 0 Å². The molecule has 5 heteroatoms. The number of hydrogen-bond acceptors (Lipinski definition) is 4. The highest BCUT2D eigenvalue weighted by molar-refractivity contribution is 5.87. The number of nitrogens with one attached hydrogen (secondary N) is 1. The summed E-state index contributed by atoms with van der Waals surface area (Å²) in [4.78, 5) is 10.8. The summed E-state index contributed by atoms with van der Waals surface area (Å²) < 4.78 is 11.0. The maximum atomic E-state index is 10.8. The van der Waals surface area contributed by atoms with Crippen LogP contribution < -0.4 is 10.1 Å². The summed E-state index contributed by atoms with van der Waals surface area (Å²) >= 11 is 0. The molecule has 2 rings (SSSR count). The Bertz CT molecular complexity index is 430. The van der Waals surface area contributed by atoms with Gasteiger partial charge in [0.1, 0.15) is 12.4 Å². The van der Waals surface area contributed by atoms with Gasteiger partial charge < -0.3 is 19.9 Å². The summed E-state index contributed by atoms with van der Waals surface area (Å²) in [7, 11) is 0. The molecule has 1 aromatic rings. The minimum Gasteiger partial charge on any atom is -0.491 e. The third-order valence-electron chi connectivity index (χ3n) is 3.31. The lowest BCUT2D eigenvalue weighted by Gasteiger charge is -2.23. The second-order valence-electron chi connectivity index (χ2n) is 4.90. The topological polar surface area (TPSA) is 67.8 Å². The molecule has 1 aromatic carbocycles. The number of benzene rings is 1. The Morgan fingerprint density at radius 2 is 2.25 bits per heavy atom. The van der Waals surface area contributed by atoms with Gasteiger partial charge in [-0.15, -0.1) is 0 Å². The number of piperidine rings is 1. The molecule has 0 aliphatic carbocycles. The normalized spacial score (nSPS) is 18.7. The van der Waals surface area contributed by atoms with Crippen LogP contribution in [0.4, 0.5) is 0 Å². The van der Waals surface area contributed by atoms with Crippen molar-refractivity contribution in [2.45, 2.75) is 25.3 Å². The largest absolute Gasteiger partial charge is 0.491 e. The van der Waals surface area contributed by atoms with Gasteiger partial charge in [-0.25, -0.2) is 4.79 Å². The third-order valence-corrected chi connectivity index (χ3v) is 3.31. The molecule has 0 amide bonds. The van der Waals surface area contributed by atoms with Gasteiger partial charge in [-0.05, 0) is 37.6 Å². The molecule has 1 unspecified atom stereocenters. The quantitative estimate of drug-likeness (QED) is 0.746. The zero-order valence-corrected chi connectivity index (χ0v) is 11.5. The lowest BCUT2D eigenvalue weighted by molar-refractivity contribution is 0.0694. The summed E-state index contributed by atoms with van der Waals surface area (Å²) in [6, 6.07) is 6.94. The van der Waals surface area contributed by atoms with Crippen molar-refractivity contribution in [3.63, 3.8) is 0 Å². The molecule has 20 heavy (non-hydrogen) atoms. The van der Waals surface area contributed by atoms with Crippen LogP contribution in [-0.2, 0) is 4.74 Å². The molecule has 0 spiro atoms. The van der Waals surface area contributed by atoms with Crippen LogP contribution in [0.25, 0.3) is 0 Å². The first-order chi connectivity index (χ1) is 9.75. The van der Waals surface area contributed by atoms with Crippen LogP contribution in [0.5, 0.6) is 5.75 Å². The Labute approximate surface area is 118 Å². The van der Waals surface area contributed by atoms with Crippen LogP contribution in [0.1, 0.15) is 29.6 Å². The number of carbonyl (C=O) groups is 1. The van der Waals surface area contributed by atoms with Gasteiger partial charge in [0.05, 0.1) is 18.8 Å². The highest BCUT2D eigenvalue weighted by atomic mass is 16.5. The van der Waals surface area contributed by atoms with Crippen molar-refractivity contribution >= 4 is 5.97 Å². The van der Waals surface area contributed by atoms with E-state index in [-0.39, 0.29) is 5.56 Å². The second kappa shape index (κ2) is 7.87. The van der Waals surface area contributed by atoms with Crippen LogP contribution in [0, 0.1) is 0 Å². The van der Waals surface area contributed by atoms with E-state index < -0.39 is 5.97 Å². The first-order valence-electron chi connectivity index (χ1n) is 7.03. The summed E-state index contributed by atoms with van der Waals surface area (Å²) in [6.45, 7) is 2.72. The Morgan fingerprint density at radius 3 is 3.00 bits per heavy atom. The fraction of sp³-hybridized carbons (Fsp3) is 0.533. The van der Waals surface area contributed by atoms with Gasteiger partial charge in [-0.3, -0.25) is 0 Å². The van der Waals surface area contributed by atoms with E-state index in [1.54, 1.807) is 18.2 Å². The van der Waals surface area contributed by atoms with Gasteiger partial charge in [-0.2, -0.15) is 0 Å². The van der Waals surface area contributed by atoms with E-state index in [2.05, 4.69) is 5.32 Å². The maximum absolute atomic E-state index is 10.8. The van der Waals surface area contributed by atoms with Crippen molar-refractivity contribution in [3.05, 3.63) is 29.8 Å². The fourth-order valence-electron chi connectivity index (χ4n) is 2.23. The number of carboxylic acids is 1. The number of hydrogen-bond donors (Lipinski definition) is 2. The first kappa shape index (κ1) is 14.8. The van der Waals surface area contributed by atoms with Crippen molar-refractivity contribution in [1.29, 1.82) is 0 Å². The number of aromatic carboxylic acids is 1. The average Bonchev–Trinajstić information content (AvgIpc) is 2.48. The molecule has 0 saturated carbocycles. The summed E-state index contributed by atoms with van der Waals surface area (Å²) in [5.74, 6) is -0.389. The Hall–Kier alpha value is -1.59. The zero-order chi connectivity index (χ0) is 14.2. The van der Waals surface area contributed by atoms with Gasteiger partial charge in [0.25, 0.3) is 0 Å². The van der Waals surface area contributed by atoms with Gasteiger partial charge in [0.15, 0.2) is 0 Å². The van der Waals surface area contributed by atoms with E-state index in [0.29, 0.717) is 31.6 Å². The predicted molar refractivity (Wildman–Crippen MR) is 75.4 cm³/mol. The molecule has 1 aliphatic rings. The standard InChI is InChI=1S/C15H21NO4/c17-15(18)12-4-3-6-14(10-12)20-9-8-19-11-13-5-1-2-7-16-13/h3-4,6,10,13,16H,1-2,5,7-9,11H2,(H,17,18). The molecule has 0 radical (unpaired) electrons. The molecule has 2 N–H and O–H groups in total. The Morgan fingerprint density at radius 1 is 1.35 bits per heavy atom. The lowest BCUT2D eigenvalue weighted by atomic mass is 10.1. The van der Waals surface area contributed by atoms with Crippen molar-refractivity contribution < 1.29 is 19.4 Å². The molecule has 1 fully saturated rings. The van der Waals surface area contributed by atoms with Gasteiger partial charge in [-0.1, -0.05) is 12.5 Å². The van der Waals surface area contributed by atoms with Crippen LogP contribution in [0.2, 0.25) is 0 Å². The maximum Gasteiger partial charge on any atom is 0.335 e. The molecular formula is C15H21NO4. The highest BCUT2D eigenvalue weighted by Crippen LogP contribution is 2.13. The second-order valence-corrected chi connectivity index (χ2v) is 4.90. The molecule has 110 valence electrons. The summed E-state index contributed by atoms with van der Waals surface area (Å²) in [5, 5.41) is 12.3. The molecule has 1 saturated heterocycles. The molecular weight excluding hydrogens is 258 g/mol. The van der Waals surface area contributed by atoms with Crippen LogP contribution in [0.15, 0.2) is 24.3 Å². The van der Waals surface area contributed by atoms with Crippen molar-refractivity contribution in [2.75, 3.05) is 26.4 Å². The zero-order valence-electron chi connectivity index (χ0n) is 11.5. The van der Waals surface area contributed by atoms with Crippen molar-refractivity contribution in [2.24, 2.45) is 0 Å². The van der Waals surface area contributed by atoms with Crippen molar-refractivity contribution in [3.8, 4) is 5.75 Å². The summed E-state index contributed by atoms with van der Waals surface area (Å²) in [5.41, 5.74) is 0.231. The third kappa shape index (κ3) is 4.83. The Balaban J connectivity index is 1.63. The first-order valence-corrected chi connectivity index (χ1v) is 7.03.